The molecule has 27 heavy (non-hydrogen) atoms. The minimum Gasteiger partial charge on any atom is -0.396 e. The highest BCUT2D eigenvalue weighted by Gasteiger charge is 2.37. The van der Waals surface area contributed by atoms with Gasteiger partial charge in [0.15, 0.2) is 0 Å². The lowest BCUT2D eigenvalue weighted by Crippen LogP contribution is -2.46. The molecule has 1 aromatic heterocycles. The van der Waals surface area contributed by atoms with Crippen LogP contribution in [0.4, 0.5) is 0 Å². The highest BCUT2D eigenvalue weighted by Crippen LogP contribution is 2.24. The third kappa shape index (κ3) is 4.00. The van der Waals surface area contributed by atoms with Gasteiger partial charge in [0.05, 0.1) is 23.7 Å². The molecule has 7 heteroatoms. The largest absolute Gasteiger partial charge is 0.396 e. The molecule has 0 bridgehead atoms. The Kier molecular flexibility index (Phi) is 5.43. The van der Waals surface area contributed by atoms with Crippen LogP contribution in [0.15, 0.2) is 24.3 Å². The van der Waals surface area contributed by atoms with Crippen molar-refractivity contribution in [1.82, 2.24) is 19.8 Å². The zero-order valence-corrected chi connectivity index (χ0v) is 15.8. The summed E-state index contributed by atoms with van der Waals surface area (Å²) in [6.45, 7) is 5.19. The first-order valence-electron chi connectivity index (χ1n) is 9.82. The summed E-state index contributed by atoms with van der Waals surface area (Å²) < 4.78 is 7.92. The Morgan fingerprint density at radius 1 is 1.37 bits per heavy atom. The van der Waals surface area contributed by atoms with Gasteiger partial charge in [-0.1, -0.05) is 12.1 Å². The van der Waals surface area contributed by atoms with E-state index in [2.05, 4.69) is 19.8 Å². The summed E-state index contributed by atoms with van der Waals surface area (Å²) in [5.41, 5.74) is 2.05. The molecule has 2 fully saturated rings. The van der Waals surface area contributed by atoms with Crippen LogP contribution in [0.5, 0.6) is 0 Å². The van der Waals surface area contributed by atoms with Gasteiger partial charge < -0.3 is 19.7 Å². The first-order valence-corrected chi connectivity index (χ1v) is 9.82. The van der Waals surface area contributed by atoms with E-state index in [-0.39, 0.29) is 24.7 Å². The smallest absolute Gasteiger partial charge is 0.222 e. The Bertz CT molecular complexity index is 806. The topological polar surface area (TPSA) is 79.6 Å². The fraction of sp³-hybridized carbons (Fsp3) is 0.600. The van der Waals surface area contributed by atoms with Crippen LogP contribution in [0.25, 0.3) is 11.0 Å². The fourth-order valence-corrected chi connectivity index (χ4v) is 4.36. The third-order valence-corrected chi connectivity index (χ3v) is 5.71. The van der Waals surface area contributed by atoms with E-state index in [4.69, 9.17) is 9.84 Å². The minimum atomic E-state index is 0.0878. The van der Waals surface area contributed by atoms with E-state index in [0.29, 0.717) is 32.0 Å². The number of fused-ring (bicyclic) bond motifs is 2. The van der Waals surface area contributed by atoms with Crippen molar-refractivity contribution in [2.45, 2.75) is 50.9 Å². The summed E-state index contributed by atoms with van der Waals surface area (Å²) in [7, 11) is 0. The lowest BCUT2D eigenvalue weighted by atomic mass is 10.1. The maximum Gasteiger partial charge on any atom is 0.222 e. The number of rotatable bonds is 6. The highest BCUT2D eigenvalue weighted by atomic mass is 16.5. The van der Waals surface area contributed by atoms with Crippen LogP contribution in [0.2, 0.25) is 0 Å². The molecular weight excluding hydrogens is 344 g/mol. The van der Waals surface area contributed by atoms with E-state index in [1.807, 2.05) is 31.2 Å². The van der Waals surface area contributed by atoms with Crippen molar-refractivity contribution in [3.8, 4) is 0 Å². The molecule has 0 saturated carbocycles. The molecule has 3 heterocycles. The number of aromatic nitrogens is 2. The van der Waals surface area contributed by atoms with Crippen LogP contribution >= 0.6 is 0 Å². The predicted molar refractivity (Wildman–Crippen MR) is 102 cm³/mol. The van der Waals surface area contributed by atoms with Crippen molar-refractivity contribution >= 4 is 16.9 Å². The molecule has 3 atom stereocenters. The molecule has 1 amide bonds. The average molecular weight is 372 g/mol. The molecule has 7 nitrogen and oxygen atoms in total. The molecule has 2 saturated heterocycles. The lowest BCUT2D eigenvalue weighted by molar-refractivity contribution is -0.121. The summed E-state index contributed by atoms with van der Waals surface area (Å²) in [5, 5.41) is 12.3. The van der Waals surface area contributed by atoms with Gasteiger partial charge in [0.2, 0.25) is 5.91 Å². The van der Waals surface area contributed by atoms with E-state index in [0.717, 1.165) is 36.4 Å². The number of morpholine rings is 1. The Morgan fingerprint density at radius 3 is 3.07 bits per heavy atom. The van der Waals surface area contributed by atoms with Crippen LogP contribution in [-0.4, -0.2) is 70.0 Å². The highest BCUT2D eigenvalue weighted by molar-refractivity contribution is 5.78. The Morgan fingerprint density at radius 2 is 2.22 bits per heavy atom. The van der Waals surface area contributed by atoms with Crippen molar-refractivity contribution in [2.24, 2.45) is 0 Å². The first-order chi connectivity index (χ1) is 13.1. The molecule has 2 aliphatic heterocycles. The molecule has 4 rings (SSSR count). The molecule has 0 radical (unpaired) electrons. The number of aliphatic hydroxyl groups is 1. The summed E-state index contributed by atoms with van der Waals surface area (Å²) >= 11 is 0. The molecule has 0 spiro atoms. The molecule has 2 aromatic rings. The van der Waals surface area contributed by atoms with E-state index >= 15 is 0 Å². The van der Waals surface area contributed by atoms with Gasteiger partial charge in [-0.05, 0) is 31.9 Å². The minimum absolute atomic E-state index is 0.0878. The number of para-hydroxylation sites is 2. The summed E-state index contributed by atoms with van der Waals surface area (Å²) in [4.78, 5) is 19.4. The number of imidazole rings is 1. The molecule has 1 aromatic carbocycles. The quantitative estimate of drug-likeness (QED) is 0.793. The molecule has 2 aliphatic rings. The number of nitrogens with zero attached hydrogens (tertiary/aromatic N) is 3. The van der Waals surface area contributed by atoms with Crippen molar-refractivity contribution in [3.05, 3.63) is 30.1 Å². The SMILES string of the molecule is Cc1nc2ccccc2n1CCC(=O)N[C@H]1C[C@H]2CO[C@@H](CCO)CN2C1. The van der Waals surface area contributed by atoms with Crippen molar-refractivity contribution in [1.29, 1.82) is 0 Å². The van der Waals surface area contributed by atoms with Crippen molar-refractivity contribution < 1.29 is 14.6 Å². The summed E-state index contributed by atoms with van der Waals surface area (Å²) in [5.74, 6) is 1.03. The monoisotopic (exact) mass is 372 g/mol. The first kappa shape index (κ1) is 18.4. The number of hydrogen-bond donors (Lipinski definition) is 2. The number of nitrogens with one attached hydrogen (secondary N) is 1. The van der Waals surface area contributed by atoms with Gasteiger partial charge in [-0.2, -0.15) is 0 Å². The van der Waals surface area contributed by atoms with Crippen LogP contribution in [0, 0.1) is 6.92 Å². The lowest BCUT2D eigenvalue weighted by Gasteiger charge is -2.34. The van der Waals surface area contributed by atoms with Crippen LogP contribution in [-0.2, 0) is 16.1 Å². The van der Waals surface area contributed by atoms with Crippen LogP contribution in [0.1, 0.15) is 25.1 Å². The van der Waals surface area contributed by atoms with Crippen molar-refractivity contribution in [2.75, 3.05) is 26.3 Å². The molecule has 2 N–H and O–H groups in total. The Labute approximate surface area is 159 Å². The molecule has 146 valence electrons. The van der Waals surface area contributed by atoms with Gasteiger partial charge in [0.25, 0.3) is 0 Å². The number of carbonyl (C=O) groups is 1. The standard InChI is InChI=1S/C20H28N4O3/c1-14-21-18-4-2-3-5-19(18)24(14)8-6-20(26)22-15-10-16-13-27-17(7-9-25)12-23(16)11-15/h2-5,15-17,25H,6-13H2,1H3,(H,22,26)/t15-,16-,17-/m0/s1. The van der Waals surface area contributed by atoms with Gasteiger partial charge in [0.1, 0.15) is 5.82 Å². The maximum atomic E-state index is 12.5. The summed E-state index contributed by atoms with van der Waals surface area (Å²) in [6.07, 6.45) is 2.17. The normalized spacial score (nSPS) is 25.6. The second-order valence-electron chi connectivity index (χ2n) is 7.62. The molecule has 0 unspecified atom stereocenters. The number of benzene rings is 1. The number of aryl methyl sites for hydroxylation is 2. The predicted octanol–water partition coefficient (Wildman–Crippen LogP) is 1.08. The number of ether oxygens (including phenoxy) is 1. The number of amides is 1. The Hall–Kier alpha value is -1.96. The molecular formula is C20H28N4O3. The van der Waals surface area contributed by atoms with E-state index in [1.165, 1.54) is 0 Å². The van der Waals surface area contributed by atoms with Crippen molar-refractivity contribution in [3.63, 3.8) is 0 Å². The summed E-state index contributed by atoms with van der Waals surface area (Å²) in [6, 6.07) is 8.59. The van der Waals surface area contributed by atoms with Gasteiger partial charge >= 0.3 is 0 Å². The van der Waals surface area contributed by atoms with Crippen LogP contribution < -0.4 is 5.32 Å². The van der Waals surface area contributed by atoms with E-state index < -0.39 is 0 Å². The van der Waals surface area contributed by atoms with Gasteiger partial charge in [0, 0.05) is 44.7 Å². The zero-order chi connectivity index (χ0) is 18.8. The second-order valence-corrected chi connectivity index (χ2v) is 7.62. The number of hydrogen-bond acceptors (Lipinski definition) is 5. The number of carbonyl (C=O) groups excluding carboxylic acids is 1. The van der Waals surface area contributed by atoms with Crippen LogP contribution in [0.3, 0.4) is 0 Å². The fourth-order valence-electron chi connectivity index (χ4n) is 4.36. The second kappa shape index (κ2) is 7.96. The third-order valence-electron chi connectivity index (χ3n) is 5.71. The van der Waals surface area contributed by atoms with E-state index in [9.17, 15) is 4.79 Å². The van der Waals surface area contributed by atoms with Gasteiger partial charge in [-0.25, -0.2) is 4.98 Å². The number of aliphatic hydroxyl groups excluding tert-OH is 1. The zero-order valence-electron chi connectivity index (χ0n) is 15.8. The Balaban J connectivity index is 1.29. The van der Waals surface area contributed by atoms with E-state index in [1.54, 1.807) is 0 Å². The molecule has 0 aliphatic carbocycles. The average Bonchev–Trinajstić information content (AvgIpc) is 3.19. The maximum absolute atomic E-state index is 12.5. The van der Waals surface area contributed by atoms with Gasteiger partial charge in [-0.15, -0.1) is 0 Å². The van der Waals surface area contributed by atoms with Gasteiger partial charge in [-0.3, -0.25) is 9.69 Å².